The molecule has 3 aromatic rings. The zero-order chi connectivity index (χ0) is 19.3. The summed E-state index contributed by atoms with van der Waals surface area (Å²) < 4.78 is 1.60. The van der Waals surface area contributed by atoms with Crippen molar-refractivity contribution in [3.63, 3.8) is 0 Å². The summed E-state index contributed by atoms with van der Waals surface area (Å²) in [6, 6.07) is 14.2. The fraction of sp³-hybridized carbons (Fsp3) is 0.350. The molecule has 8 heteroatoms. The third-order valence-electron chi connectivity index (χ3n) is 5.00. The summed E-state index contributed by atoms with van der Waals surface area (Å²) in [6.45, 7) is 1.70. The highest BCUT2D eigenvalue weighted by atomic mass is 16.2. The lowest BCUT2D eigenvalue weighted by Gasteiger charge is -2.18. The Morgan fingerprint density at radius 3 is 2.89 bits per heavy atom. The Labute approximate surface area is 162 Å². The summed E-state index contributed by atoms with van der Waals surface area (Å²) in [4.78, 5) is 26.4. The summed E-state index contributed by atoms with van der Waals surface area (Å²) in [5.41, 5.74) is 1.12. The van der Waals surface area contributed by atoms with Crippen molar-refractivity contribution >= 4 is 22.6 Å². The molecule has 2 amide bonds. The molecule has 0 saturated carbocycles. The highest BCUT2D eigenvalue weighted by molar-refractivity contribution is 5.87. The van der Waals surface area contributed by atoms with Crippen LogP contribution in [0.3, 0.4) is 0 Å². The van der Waals surface area contributed by atoms with Gasteiger partial charge in [-0.15, -0.1) is 5.10 Å². The number of hydrogen-bond acceptors (Lipinski definition) is 5. The average Bonchev–Trinajstić information content (AvgIpc) is 3.32. The van der Waals surface area contributed by atoms with Gasteiger partial charge in [0.1, 0.15) is 6.33 Å². The van der Waals surface area contributed by atoms with Gasteiger partial charge in [0.25, 0.3) is 0 Å². The minimum atomic E-state index is -0.136. The molecule has 28 heavy (non-hydrogen) atoms. The van der Waals surface area contributed by atoms with E-state index in [0.717, 1.165) is 10.9 Å². The highest BCUT2D eigenvalue weighted by Gasteiger charge is 2.30. The third kappa shape index (κ3) is 4.16. The van der Waals surface area contributed by atoms with Crippen LogP contribution in [0.1, 0.15) is 24.8 Å². The molecule has 144 valence electrons. The van der Waals surface area contributed by atoms with Crippen molar-refractivity contribution in [2.24, 2.45) is 0 Å². The van der Waals surface area contributed by atoms with Gasteiger partial charge in [-0.05, 0) is 33.2 Å². The van der Waals surface area contributed by atoms with Crippen molar-refractivity contribution in [3.8, 4) is 0 Å². The third-order valence-corrected chi connectivity index (χ3v) is 5.00. The monoisotopic (exact) mass is 378 g/mol. The lowest BCUT2D eigenvalue weighted by molar-refractivity contribution is -0.128. The van der Waals surface area contributed by atoms with E-state index >= 15 is 0 Å². The predicted octanol–water partition coefficient (Wildman–Crippen LogP) is 1.52. The lowest BCUT2D eigenvalue weighted by Crippen LogP contribution is -2.37. The van der Waals surface area contributed by atoms with Crippen molar-refractivity contribution < 1.29 is 9.59 Å². The van der Waals surface area contributed by atoms with E-state index in [1.54, 1.807) is 4.68 Å². The van der Waals surface area contributed by atoms with Crippen LogP contribution in [0.2, 0.25) is 0 Å². The summed E-state index contributed by atoms with van der Waals surface area (Å²) in [6.07, 6.45) is 2.91. The number of hydrogen-bond donors (Lipinski definition) is 1. The Morgan fingerprint density at radius 1 is 1.18 bits per heavy atom. The van der Waals surface area contributed by atoms with E-state index < -0.39 is 0 Å². The molecule has 2 heterocycles. The van der Waals surface area contributed by atoms with Crippen molar-refractivity contribution in [1.82, 2.24) is 30.4 Å². The van der Waals surface area contributed by atoms with Crippen molar-refractivity contribution in [3.05, 3.63) is 54.4 Å². The maximum atomic E-state index is 12.4. The van der Waals surface area contributed by atoms with Crippen LogP contribution in [0, 0.1) is 0 Å². The van der Waals surface area contributed by atoms with Gasteiger partial charge in [0.05, 0.1) is 6.04 Å². The van der Waals surface area contributed by atoms with Gasteiger partial charge in [-0.25, -0.2) is 4.68 Å². The number of carbonyl (C=O) groups is 2. The Morgan fingerprint density at radius 2 is 2.04 bits per heavy atom. The van der Waals surface area contributed by atoms with Crippen LogP contribution in [-0.4, -0.2) is 49.5 Å². The zero-order valence-corrected chi connectivity index (χ0v) is 15.5. The number of fused-ring (bicyclic) bond motifs is 1. The molecule has 8 nitrogen and oxygen atoms in total. The number of nitrogens with zero attached hydrogens (tertiary/aromatic N) is 5. The van der Waals surface area contributed by atoms with Gasteiger partial charge < -0.3 is 10.2 Å². The van der Waals surface area contributed by atoms with Crippen LogP contribution in [0.4, 0.5) is 0 Å². The standard InChI is InChI=1S/C20H22N6O2/c27-19(9-4-10-26-14-21-23-24-26)22-17-11-20(28)25(13-17)12-16-7-3-6-15-5-1-2-8-18(15)16/h1-3,5-8,14,17H,4,9-13H2,(H,22,27). The first-order valence-electron chi connectivity index (χ1n) is 9.43. The van der Waals surface area contributed by atoms with E-state index in [1.807, 2.05) is 23.1 Å². The summed E-state index contributed by atoms with van der Waals surface area (Å²) in [5, 5.41) is 16.2. The van der Waals surface area contributed by atoms with Gasteiger partial charge in [0.2, 0.25) is 11.8 Å². The van der Waals surface area contributed by atoms with E-state index in [1.165, 1.54) is 11.7 Å². The first-order chi connectivity index (χ1) is 13.7. The number of carbonyl (C=O) groups excluding carboxylic acids is 2. The Balaban J connectivity index is 1.30. The topological polar surface area (TPSA) is 93.0 Å². The van der Waals surface area contributed by atoms with Crippen LogP contribution in [0.15, 0.2) is 48.8 Å². The van der Waals surface area contributed by atoms with Crippen molar-refractivity contribution in [1.29, 1.82) is 0 Å². The normalized spacial score (nSPS) is 16.6. The molecular formula is C20H22N6O2. The molecule has 1 aliphatic rings. The molecule has 1 fully saturated rings. The smallest absolute Gasteiger partial charge is 0.225 e. The Hall–Kier alpha value is -3.29. The van der Waals surface area contributed by atoms with Gasteiger partial charge >= 0.3 is 0 Å². The maximum Gasteiger partial charge on any atom is 0.225 e. The van der Waals surface area contributed by atoms with E-state index in [0.29, 0.717) is 38.9 Å². The first kappa shape index (κ1) is 18.1. The minimum absolute atomic E-state index is 0.0436. The lowest BCUT2D eigenvalue weighted by atomic mass is 10.0. The molecule has 0 spiro atoms. The number of benzene rings is 2. The minimum Gasteiger partial charge on any atom is -0.351 e. The van der Waals surface area contributed by atoms with Crippen LogP contribution in [0.5, 0.6) is 0 Å². The zero-order valence-electron chi connectivity index (χ0n) is 15.5. The Bertz CT molecular complexity index is 967. The molecule has 0 bridgehead atoms. The molecular weight excluding hydrogens is 356 g/mol. The van der Waals surface area contributed by atoms with E-state index in [9.17, 15) is 9.59 Å². The van der Waals surface area contributed by atoms with Crippen LogP contribution < -0.4 is 5.32 Å². The van der Waals surface area contributed by atoms with Crippen molar-refractivity contribution in [2.45, 2.75) is 38.4 Å². The molecule has 0 radical (unpaired) electrons. The molecule has 1 saturated heterocycles. The number of tetrazole rings is 1. The summed E-state index contributed by atoms with van der Waals surface area (Å²) in [5.74, 6) is 0.0322. The predicted molar refractivity (Wildman–Crippen MR) is 103 cm³/mol. The SMILES string of the molecule is O=C(CCCn1cnnn1)NC1CC(=O)N(Cc2cccc3ccccc23)C1. The molecule has 1 N–H and O–H groups in total. The number of rotatable bonds is 7. The second-order valence-electron chi connectivity index (χ2n) is 7.06. The second-order valence-corrected chi connectivity index (χ2v) is 7.06. The molecule has 1 aromatic heterocycles. The van der Waals surface area contributed by atoms with Gasteiger partial charge in [-0.3, -0.25) is 9.59 Å². The fourth-order valence-corrected chi connectivity index (χ4v) is 3.64. The number of likely N-dealkylation sites (tertiary alicyclic amines) is 1. The molecule has 1 unspecified atom stereocenters. The molecule has 4 rings (SSSR count). The van der Waals surface area contributed by atoms with Gasteiger partial charge in [-0.2, -0.15) is 0 Å². The van der Waals surface area contributed by atoms with Crippen LogP contribution >= 0.6 is 0 Å². The second kappa shape index (κ2) is 8.16. The van der Waals surface area contributed by atoms with Gasteiger partial charge in [0, 0.05) is 32.5 Å². The largest absolute Gasteiger partial charge is 0.351 e. The number of nitrogens with one attached hydrogen (secondary N) is 1. The number of aromatic nitrogens is 4. The Kier molecular flexibility index (Phi) is 5.27. The van der Waals surface area contributed by atoms with E-state index in [4.69, 9.17) is 0 Å². The molecule has 1 atom stereocenters. The quantitative estimate of drug-likeness (QED) is 0.673. The summed E-state index contributed by atoms with van der Waals surface area (Å²) >= 11 is 0. The molecule has 2 aromatic carbocycles. The van der Waals surface area contributed by atoms with Crippen molar-refractivity contribution in [2.75, 3.05) is 6.54 Å². The summed E-state index contributed by atoms with van der Waals surface area (Å²) in [7, 11) is 0. The first-order valence-corrected chi connectivity index (χ1v) is 9.43. The number of aryl methyl sites for hydroxylation is 1. The van der Waals surface area contributed by atoms with Crippen LogP contribution in [0.25, 0.3) is 10.8 Å². The molecule has 0 aliphatic carbocycles. The highest BCUT2D eigenvalue weighted by Crippen LogP contribution is 2.22. The fourth-order valence-electron chi connectivity index (χ4n) is 3.64. The van der Waals surface area contributed by atoms with Gasteiger partial charge in [0.15, 0.2) is 0 Å². The van der Waals surface area contributed by atoms with E-state index in [2.05, 4.69) is 45.1 Å². The number of amides is 2. The molecule has 1 aliphatic heterocycles. The van der Waals surface area contributed by atoms with Crippen LogP contribution in [-0.2, 0) is 22.7 Å². The maximum absolute atomic E-state index is 12.4. The van der Waals surface area contributed by atoms with Gasteiger partial charge in [-0.1, -0.05) is 42.5 Å². The van der Waals surface area contributed by atoms with E-state index in [-0.39, 0.29) is 17.9 Å². The average molecular weight is 378 g/mol.